The number of benzene rings is 2. The first-order valence-corrected chi connectivity index (χ1v) is 14.7. The number of halogens is 3. The molecular weight excluding hydrogens is 590 g/mol. The lowest BCUT2D eigenvalue weighted by Crippen LogP contribution is -2.56. The molecule has 226 valence electrons. The van der Waals surface area contributed by atoms with Crippen LogP contribution in [0.2, 0.25) is 5.02 Å². The fraction of sp³-hybridized carbons (Fsp3) is 0.483. The summed E-state index contributed by atoms with van der Waals surface area (Å²) in [6.07, 6.45) is -1.13. The van der Waals surface area contributed by atoms with Gasteiger partial charge in [-0.1, -0.05) is 22.9 Å². The van der Waals surface area contributed by atoms with Crippen LogP contribution in [0.1, 0.15) is 47.1 Å². The molecule has 5 rings (SSSR count). The number of amides is 2. The molecule has 0 aliphatic carbocycles. The highest BCUT2D eigenvalue weighted by Gasteiger charge is 2.36. The van der Waals surface area contributed by atoms with Crippen molar-refractivity contribution in [1.29, 1.82) is 0 Å². The van der Waals surface area contributed by atoms with Gasteiger partial charge in [0.2, 0.25) is 0 Å². The molecule has 0 bridgehead atoms. The second kappa shape index (κ2) is 11.1. The monoisotopic (exact) mass is 622 g/mol. The zero-order valence-corrected chi connectivity index (χ0v) is 25.8. The molecule has 9 nitrogen and oxygen atoms in total. The quantitative estimate of drug-likeness (QED) is 0.327. The smallest absolute Gasteiger partial charge is 0.413 e. The number of carbonyl (C=O) groups excluding carboxylic acids is 2. The predicted octanol–water partition coefficient (Wildman–Crippen LogP) is 7.06. The van der Waals surface area contributed by atoms with Crippen LogP contribution in [0, 0.1) is 11.6 Å². The van der Waals surface area contributed by atoms with Gasteiger partial charge in [-0.05, 0) is 59.7 Å². The molecule has 3 heterocycles. The van der Waals surface area contributed by atoms with Crippen molar-refractivity contribution in [3.8, 4) is 16.9 Å². The van der Waals surface area contributed by atoms with Crippen LogP contribution >= 0.6 is 22.9 Å². The molecule has 2 aromatic carbocycles. The van der Waals surface area contributed by atoms with E-state index in [-0.39, 0.29) is 50.2 Å². The van der Waals surface area contributed by atoms with Crippen LogP contribution in [-0.2, 0) is 16.0 Å². The van der Waals surface area contributed by atoms with Crippen LogP contribution in [0.4, 0.5) is 23.5 Å². The Kier molecular flexibility index (Phi) is 8.01. The Labute approximate surface area is 251 Å². The van der Waals surface area contributed by atoms with Gasteiger partial charge in [0.05, 0.1) is 21.3 Å². The van der Waals surface area contributed by atoms with Gasteiger partial charge in [0.25, 0.3) is 0 Å². The topological polar surface area (TPSA) is 93.2 Å². The molecule has 2 aliphatic rings. The molecule has 2 amide bonds. The van der Waals surface area contributed by atoms with Gasteiger partial charge in [-0.25, -0.2) is 23.4 Å². The second-order valence-electron chi connectivity index (χ2n) is 12.3. The second-order valence-corrected chi connectivity index (χ2v) is 13.7. The first-order valence-electron chi connectivity index (χ1n) is 13.5. The Balaban J connectivity index is 1.44. The van der Waals surface area contributed by atoms with E-state index in [4.69, 9.17) is 25.8 Å². The Bertz CT molecular complexity index is 1550. The number of ether oxygens (including phenoxy) is 3. The van der Waals surface area contributed by atoms with Crippen molar-refractivity contribution in [2.24, 2.45) is 0 Å². The zero-order chi connectivity index (χ0) is 30.6. The van der Waals surface area contributed by atoms with E-state index in [2.05, 4.69) is 15.2 Å². The summed E-state index contributed by atoms with van der Waals surface area (Å²) in [7, 11) is 0. The van der Waals surface area contributed by atoms with E-state index in [1.807, 2.05) is 20.8 Å². The molecule has 42 heavy (non-hydrogen) atoms. The number of hydrogen-bond acceptors (Lipinski definition) is 8. The van der Waals surface area contributed by atoms with Crippen LogP contribution in [0.3, 0.4) is 0 Å². The molecule has 1 saturated heterocycles. The zero-order valence-electron chi connectivity index (χ0n) is 24.3. The molecule has 0 radical (unpaired) electrons. The van der Waals surface area contributed by atoms with E-state index in [9.17, 15) is 14.0 Å². The van der Waals surface area contributed by atoms with Crippen molar-refractivity contribution in [1.82, 2.24) is 14.8 Å². The Morgan fingerprint density at radius 2 is 1.81 bits per heavy atom. The average Bonchev–Trinajstić information content (AvgIpc) is 3.18. The largest absolute Gasteiger partial charge is 0.490 e. The SMILES string of the molecule is CC(C)(C)OC(=O)Nc1nc2c(-c3c(F)cc4c(c3Cl)OC[C@@H]3CN(C(=O)OC(C)(C)C)CCN3C4)ccc(F)c2s1. The number of thiazole rings is 1. The highest BCUT2D eigenvalue weighted by atomic mass is 35.5. The van der Waals surface area contributed by atoms with Gasteiger partial charge in [-0.2, -0.15) is 0 Å². The van der Waals surface area contributed by atoms with Crippen LogP contribution in [0.25, 0.3) is 21.3 Å². The Morgan fingerprint density at radius 3 is 2.50 bits per heavy atom. The summed E-state index contributed by atoms with van der Waals surface area (Å²) in [4.78, 5) is 33.1. The normalized spacial score (nSPS) is 17.6. The van der Waals surface area contributed by atoms with Crippen molar-refractivity contribution in [2.45, 2.75) is 65.3 Å². The van der Waals surface area contributed by atoms with Gasteiger partial charge in [-0.15, -0.1) is 0 Å². The number of aromatic nitrogens is 1. The third-order valence-corrected chi connectivity index (χ3v) is 8.01. The molecule has 1 aromatic heterocycles. The molecule has 0 saturated carbocycles. The number of piperazine rings is 1. The van der Waals surface area contributed by atoms with Gasteiger partial charge in [0.15, 0.2) is 5.13 Å². The van der Waals surface area contributed by atoms with E-state index >= 15 is 4.39 Å². The number of hydrogen-bond donors (Lipinski definition) is 1. The van der Waals surface area contributed by atoms with Gasteiger partial charge < -0.3 is 19.1 Å². The number of anilines is 1. The Hall–Kier alpha value is -3.22. The highest BCUT2D eigenvalue weighted by Crippen LogP contribution is 2.45. The Morgan fingerprint density at radius 1 is 1.10 bits per heavy atom. The van der Waals surface area contributed by atoms with Crippen LogP contribution in [-0.4, -0.2) is 70.5 Å². The molecule has 1 atom stereocenters. The maximum atomic E-state index is 15.8. The minimum Gasteiger partial charge on any atom is -0.490 e. The molecule has 1 N–H and O–H groups in total. The lowest BCUT2D eigenvalue weighted by Gasteiger charge is -2.40. The summed E-state index contributed by atoms with van der Waals surface area (Å²) in [6, 6.07) is 3.84. The molecule has 1 fully saturated rings. The predicted molar refractivity (Wildman–Crippen MR) is 157 cm³/mol. The number of nitrogens with one attached hydrogen (secondary N) is 1. The maximum absolute atomic E-state index is 15.8. The minimum absolute atomic E-state index is 0.0183. The summed E-state index contributed by atoms with van der Waals surface area (Å²) in [5.74, 6) is -0.862. The fourth-order valence-electron chi connectivity index (χ4n) is 4.94. The summed E-state index contributed by atoms with van der Waals surface area (Å²) in [5.41, 5.74) is -0.361. The minimum atomic E-state index is -0.743. The van der Waals surface area contributed by atoms with E-state index in [1.165, 1.54) is 18.2 Å². The first-order chi connectivity index (χ1) is 19.6. The van der Waals surface area contributed by atoms with E-state index < -0.39 is 28.9 Å². The van der Waals surface area contributed by atoms with Crippen molar-refractivity contribution in [3.63, 3.8) is 0 Å². The van der Waals surface area contributed by atoms with Crippen LogP contribution in [0.15, 0.2) is 18.2 Å². The number of fused-ring (bicyclic) bond motifs is 3. The molecule has 13 heteroatoms. The van der Waals surface area contributed by atoms with Crippen LogP contribution < -0.4 is 10.1 Å². The lowest BCUT2D eigenvalue weighted by atomic mass is 10.0. The highest BCUT2D eigenvalue weighted by molar-refractivity contribution is 7.22. The number of carbonyl (C=O) groups is 2. The van der Waals surface area contributed by atoms with Gasteiger partial charge in [-0.3, -0.25) is 10.2 Å². The van der Waals surface area contributed by atoms with Crippen molar-refractivity contribution < 1.29 is 32.6 Å². The summed E-state index contributed by atoms with van der Waals surface area (Å²) < 4.78 is 47.7. The van der Waals surface area contributed by atoms with E-state index in [1.54, 1.807) is 25.7 Å². The van der Waals surface area contributed by atoms with Crippen molar-refractivity contribution >= 4 is 50.5 Å². The van der Waals surface area contributed by atoms with Gasteiger partial charge >= 0.3 is 12.2 Å². The standard InChI is InChI=1S/C29H33ClF2N4O5S/c1-28(2,3)40-26(37)34-25-33-22-17(7-8-18(31)24(22)42-25)20-19(32)11-15-12-35-9-10-36(27(38)41-29(4,5)6)13-16(35)14-39-23(15)21(20)30/h7-8,11,16H,9-10,12-14H2,1-6H3,(H,33,34,37)/t16-/m0/s1. The van der Waals surface area contributed by atoms with E-state index in [0.29, 0.717) is 37.5 Å². The molecule has 0 unspecified atom stereocenters. The van der Waals surface area contributed by atoms with E-state index in [0.717, 1.165) is 11.3 Å². The van der Waals surface area contributed by atoms with Crippen LogP contribution in [0.5, 0.6) is 5.75 Å². The first kappa shape index (κ1) is 30.2. The maximum Gasteiger partial charge on any atom is 0.413 e. The summed E-state index contributed by atoms with van der Waals surface area (Å²) in [5, 5.41) is 2.65. The molecule has 2 aliphatic heterocycles. The molecule has 3 aromatic rings. The lowest BCUT2D eigenvalue weighted by molar-refractivity contribution is -0.00155. The third-order valence-electron chi connectivity index (χ3n) is 6.67. The summed E-state index contributed by atoms with van der Waals surface area (Å²) >= 11 is 7.72. The fourth-order valence-corrected chi connectivity index (χ4v) is 6.19. The third kappa shape index (κ3) is 6.40. The average molecular weight is 623 g/mol. The van der Waals surface area contributed by atoms with Crippen molar-refractivity contribution in [2.75, 3.05) is 31.6 Å². The molecular formula is C29H33ClF2N4O5S. The van der Waals surface area contributed by atoms with Gasteiger partial charge in [0, 0.05) is 42.9 Å². The molecule has 0 spiro atoms. The number of nitrogens with zero attached hydrogens (tertiary/aromatic N) is 3. The van der Waals surface area contributed by atoms with Crippen molar-refractivity contribution in [3.05, 3.63) is 40.4 Å². The van der Waals surface area contributed by atoms with Gasteiger partial charge in [0.1, 0.15) is 35.2 Å². The number of rotatable bonds is 2. The summed E-state index contributed by atoms with van der Waals surface area (Å²) in [6.45, 7) is 12.6.